The summed E-state index contributed by atoms with van der Waals surface area (Å²) in [6, 6.07) is 10.6. The van der Waals surface area contributed by atoms with Crippen LogP contribution in [0, 0.1) is 0 Å². The molecule has 76 valence electrons. The van der Waals surface area contributed by atoms with Crippen LogP contribution in [0.15, 0.2) is 35.3 Å². The minimum Gasteiger partial charge on any atom is -0.211 e. The highest BCUT2D eigenvalue weighted by Crippen LogP contribution is 2.20. The number of hydrogen-bond donors (Lipinski definition) is 0. The molecule has 0 aromatic heterocycles. The van der Waals surface area contributed by atoms with Gasteiger partial charge in [-0.1, -0.05) is 51.1 Å². The number of nitrogens with zero attached hydrogens (tertiary/aromatic N) is 1. The molecule has 1 rings (SSSR count). The third kappa shape index (κ3) is 5.28. The van der Waals surface area contributed by atoms with Crippen LogP contribution in [-0.4, -0.2) is 13.1 Å². The van der Waals surface area contributed by atoms with Crippen LogP contribution in [0.25, 0.3) is 0 Å². The van der Waals surface area contributed by atoms with Gasteiger partial charge in [0.15, 0.2) is 0 Å². The molecule has 1 aromatic rings. The molecule has 2 nitrogen and oxygen atoms in total. The molecule has 14 heavy (non-hydrogen) atoms. The number of benzene rings is 1. The van der Waals surface area contributed by atoms with Crippen molar-refractivity contribution in [3.63, 3.8) is 0 Å². The zero-order valence-electron chi connectivity index (χ0n) is 9.24. The molecule has 0 N–H and O–H groups in total. The van der Waals surface area contributed by atoms with Crippen LogP contribution in [-0.2, 0) is 10.2 Å². The SMILES string of the molecule is CC(C)(C)c1ccccc1.CN=C=O. The molecule has 0 bridgehead atoms. The van der Waals surface area contributed by atoms with Crippen molar-refractivity contribution in [3.8, 4) is 0 Å². The Morgan fingerprint density at radius 1 is 1.14 bits per heavy atom. The second-order valence-corrected chi connectivity index (χ2v) is 3.93. The molecular formula is C12H17NO. The van der Waals surface area contributed by atoms with Gasteiger partial charge in [-0.25, -0.2) is 9.79 Å². The Hall–Kier alpha value is -1.40. The molecule has 1 aromatic carbocycles. The molecular weight excluding hydrogens is 174 g/mol. The van der Waals surface area contributed by atoms with Gasteiger partial charge in [0.2, 0.25) is 6.08 Å². The maximum atomic E-state index is 8.88. The molecule has 0 atom stereocenters. The van der Waals surface area contributed by atoms with E-state index in [1.807, 2.05) is 0 Å². The lowest BCUT2D eigenvalue weighted by Crippen LogP contribution is -2.10. The second-order valence-electron chi connectivity index (χ2n) is 3.93. The summed E-state index contributed by atoms with van der Waals surface area (Å²) in [6.45, 7) is 6.67. The van der Waals surface area contributed by atoms with Crippen LogP contribution in [0.2, 0.25) is 0 Å². The first-order valence-corrected chi connectivity index (χ1v) is 4.54. The van der Waals surface area contributed by atoms with Crippen molar-refractivity contribution >= 4 is 6.08 Å². The van der Waals surface area contributed by atoms with Crippen molar-refractivity contribution in [3.05, 3.63) is 35.9 Å². The molecule has 0 spiro atoms. The third-order valence-electron chi connectivity index (χ3n) is 1.73. The second kappa shape index (κ2) is 6.11. The van der Waals surface area contributed by atoms with E-state index >= 15 is 0 Å². The van der Waals surface area contributed by atoms with Crippen molar-refractivity contribution in [2.24, 2.45) is 4.99 Å². The van der Waals surface area contributed by atoms with Crippen LogP contribution >= 0.6 is 0 Å². The molecule has 0 unspecified atom stereocenters. The molecule has 0 aliphatic rings. The highest BCUT2D eigenvalue weighted by molar-refractivity contribution is 5.32. The summed E-state index contributed by atoms with van der Waals surface area (Å²) >= 11 is 0. The van der Waals surface area contributed by atoms with Gasteiger partial charge in [-0.3, -0.25) is 0 Å². The lowest BCUT2D eigenvalue weighted by molar-refractivity contribution is 0.564. The van der Waals surface area contributed by atoms with E-state index in [4.69, 9.17) is 4.79 Å². The maximum absolute atomic E-state index is 8.88. The number of rotatable bonds is 0. The lowest BCUT2D eigenvalue weighted by atomic mass is 9.87. The Labute approximate surface area is 85.7 Å². The summed E-state index contributed by atoms with van der Waals surface area (Å²) in [4.78, 5) is 11.8. The standard InChI is InChI=1S/C10H14.C2H3NO/c1-10(2,3)9-7-5-4-6-8-9;1-3-2-4/h4-8H,1-3H3;1H3. The minimum atomic E-state index is 0.293. The van der Waals surface area contributed by atoms with Crippen LogP contribution in [0.4, 0.5) is 0 Å². The van der Waals surface area contributed by atoms with Gasteiger partial charge in [-0.15, -0.1) is 0 Å². The van der Waals surface area contributed by atoms with E-state index in [-0.39, 0.29) is 0 Å². The van der Waals surface area contributed by atoms with E-state index in [1.54, 1.807) is 0 Å². The Bertz CT molecular complexity index is 292. The highest BCUT2D eigenvalue weighted by atomic mass is 16.1. The quantitative estimate of drug-likeness (QED) is 0.458. The number of hydrogen-bond acceptors (Lipinski definition) is 2. The monoisotopic (exact) mass is 191 g/mol. The van der Waals surface area contributed by atoms with Crippen molar-refractivity contribution in [1.82, 2.24) is 0 Å². The number of carbonyl (C=O) groups excluding carboxylic acids is 1. The van der Waals surface area contributed by atoms with E-state index in [1.165, 1.54) is 18.7 Å². The van der Waals surface area contributed by atoms with Crippen molar-refractivity contribution in [1.29, 1.82) is 0 Å². The Kier molecular flexibility index (Phi) is 5.50. The predicted octanol–water partition coefficient (Wildman–Crippen LogP) is 2.94. The molecule has 0 saturated heterocycles. The molecule has 0 saturated carbocycles. The first-order valence-electron chi connectivity index (χ1n) is 4.54. The van der Waals surface area contributed by atoms with Gasteiger partial charge in [0, 0.05) is 7.05 Å². The van der Waals surface area contributed by atoms with Crippen LogP contribution in [0.5, 0.6) is 0 Å². The van der Waals surface area contributed by atoms with Crippen LogP contribution < -0.4 is 0 Å². The zero-order chi connectivity index (χ0) is 11.0. The topological polar surface area (TPSA) is 29.4 Å². The Morgan fingerprint density at radius 2 is 1.57 bits per heavy atom. The fourth-order valence-electron chi connectivity index (χ4n) is 0.938. The van der Waals surface area contributed by atoms with Crippen LogP contribution in [0.3, 0.4) is 0 Å². The average Bonchev–Trinajstić information content (AvgIpc) is 2.18. The molecule has 0 heterocycles. The van der Waals surface area contributed by atoms with Gasteiger partial charge in [-0.05, 0) is 11.0 Å². The molecule has 0 radical (unpaired) electrons. The molecule has 2 heteroatoms. The van der Waals surface area contributed by atoms with E-state index in [9.17, 15) is 0 Å². The van der Waals surface area contributed by atoms with Crippen molar-refractivity contribution in [2.75, 3.05) is 7.05 Å². The summed E-state index contributed by atoms with van der Waals surface area (Å²) in [5, 5.41) is 0. The minimum absolute atomic E-state index is 0.293. The summed E-state index contributed by atoms with van der Waals surface area (Å²) in [6.07, 6.45) is 1.31. The van der Waals surface area contributed by atoms with E-state index in [2.05, 4.69) is 56.1 Å². The molecule has 0 aliphatic carbocycles. The van der Waals surface area contributed by atoms with E-state index < -0.39 is 0 Å². The maximum Gasteiger partial charge on any atom is 0.234 e. The average molecular weight is 191 g/mol. The first-order chi connectivity index (χ1) is 6.52. The van der Waals surface area contributed by atoms with E-state index in [0.717, 1.165) is 0 Å². The van der Waals surface area contributed by atoms with Gasteiger partial charge in [0.05, 0.1) is 0 Å². The third-order valence-corrected chi connectivity index (χ3v) is 1.73. The molecule has 0 amide bonds. The van der Waals surface area contributed by atoms with Gasteiger partial charge in [0.25, 0.3) is 0 Å². The zero-order valence-corrected chi connectivity index (χ0v) is 9.24. The van der Waals surface area contributed by atoms with Crippen molar-refractivity contribution in [2.45, 2.75) is 26.2 Å². The highest BCUT2D eigenvalue weighted by Gasteiger charge is 2.11. The summed E-state index contributed by atoms with van der Waals surface area (Å²) in [7, 11) is 1.38. The summed E-state index contributed by atoms with van der Waals surface area (Å²) in [5.41, 5.74) is 1.69. The van der Waals surface area contributed by atoms with Gasteiger partial charge < -0.3 is 0 Å². The summed E-state index contributed by atoms with van der Waals surface area (Å²) < 4.78 is 0. The first kappa shape index (κ1) is 12.6. The number of isocyanates is 1. The molecule has 0 aliphatic heterocycles. The molecule has 0 fully saturated rings. The Balaban J connectivity index is 0.000000364. The smallest absolute Gasteiger partial charge is 0.211 e. The van der Waals surface area contributed by atoms with Gasteiger partial charge in [0.1, 0.15) is 0 Å². The number of aliphatic imine (C=N–C) groups is 1. The predicted molar refractivity (Wildman–Crippen MR) is 59.2 cm³/mol. The van der Waals surface area contributed by atoms with Gasteiger partial charge in [-0.2, -0.15) is 0 Å². The normalized spacial score (nSPS) is 9.43. The van der Waals surface area contributed by atoms with Crippen molar-refractivity contribution < 1.29 is 4.79 Å². The van der Waals surface area contributed by atoms with E-state index in [0.29, 0.717) is 5.41 Å². The fraction of sp³-hybridized carbons (Fsp3) is 0.417. The van der Waals surface area contributed by atoms with Crippen LogP contribution in [0.1, 0.15) is 26.3 Å². The Morgan fingerprint density at radius 3 is 1.79 bits per heavy atom. The lowest BCUT2D eigenvalue weighted by Gasteiger charge is -2.18. The summed E-state index contributed by atoms with van der Waals surface area (Å²) in [5.74, 6) is 0. The largest absolute Gasteiger partial charge is 0.234 e. The fourth-order valence-corrected chi connectivity index (χ4v) is 0.938. The van der Waals surface area contributed by atoms with Gasteiger partial charge >= 0.3 is 0 Å².